The van der Waals surface area contributed by atoms with Gasteiger partial charge in [-0.05, 0) is 40.8 Å². The fourth-order valence-electron chi connectivity index (χ4n) is 3.65. The number of benzene rings is 2. The highest BCUT2D eigenvalue weighted by Crippen LogP contribution is 2.26. The van der Waals surface area contributed by atoms with Crippen LogP contribution in [-0.4, -0.2) is 22.3 Å². The summed E-state index contributed by atoms with van der Waals surface area (Å²) in [5, 5.41) is 12.5. The smallest absolute Gasteiger partial charge is 0.222 e. The zero-order chi connectivity index (χ0) is 20.1. The van der Waals surface area contributed by atoms with Gasteiger partial charge in [-0.15, -0.1) is 0 Å². The Bertz CT molecular complexity index is 1050. The van der Waals surface area contributed by atoms with E-state index in [0.717, 1.165) is 35.2 Å². The lowest BCUT2D eigenvalue weighted by molar-refractivity contribution is -0.128. The second kappa shape index (κ2) is 8.57. The molecule has 1 aromatic heterocycles. The summed E-state index contributed by atoms with van der Waals surface area (Å²) in [5.41, 5.74) is 5.07. The van der Waals surface area contributed by atoms with Crippen LogP contribution in [0, 0.1) is 11.3 Å². The van der Waals surface area contributed by atoms with Gasteiger partial charge in [-0.2, -0.15) is 5.26 Å². The first-order valence-electron chi connectivity index (χ1n) is 9.78. The van der Waals surface area contributed by atoms with Gasteiger partial charge < -0.3 is 10.2 Å². The first kappa shape index (κ1) is 18.7. The van der Waals surface area contributed by atoms with E-state index in [0.29, 0.717) is 30.9 Å². The molecular weight excluding hydrogens is 360 g/mol. The third kappa shape index (κ3) is 4.27. The third-order valence-electron chi connectivity index (χ3n) is 5.20. The van der Waals surface area contributed by atoms with E-state index in [1.54, 1.807) is 18.3 Å². The van der Waals surface area contributed by atoms with E-state index in [1.165, 1.54) is 0 Å². The minimum absolute atomic E-state index is 0.247. The van der Waals surface area contributed by atoms with E-state index in [4.69, 9.17) is 0 Å². The van der Waals surface area contributed by atoms with Gasteiger partial charge in [0.2, 0.25) is 5.91 Å². The van der Waals surface area contributed by atoms with E-state index >= 15 is 0 Å². The Kier molecular flexibility index (Phi) is 5.53. The molecule has 1 aliphatic heterocycles. The van der Waals surface area contributed by atoms with E-state index in [-0.39, 0.29) is 5.91 Å². The summed E-state index contributed by atoms with van der Waals surface area (Å²) in [5.74, 6) is 0.840. The van der Waals surface area contributed by atoms with Crippen molar-refractivity contribution in [3.8, 4) is 17.2 Å². The number of carbonyl (C=O) groups is 1. The van der Waals surface area contributed by atoms with Gasteiger partial charge in [-0.1, -0.05) is 48.5 Å². The van der Waals surface area contributed by atoms with Crippen molar-refractivity contribution in [2.45, 2.75) is 25.9 Å². The van der Waals surface area contributed by atoms with E-state index in [9.17, 15) is 10.1 Å². The van der Waals surface area contributed by atoms with E-state index < -0.39 is 0 Å². The summed E-state index contributed by atoms with van der Waals surface area (Å²) in [6.45, 7) is 2.11. The summed E-state index contributed by atoms with van der Waals surface area (Å²) in [7, 11) is 0. The quantitative estimate of drug-likeness (QED) is 0.688. The Labute approximate surface area is 170 Å². The number of amides is 1. The van der Waals surface area contributed by atoms with Crippen LogP contribution < -0.4 is 5.32 Å². The molecule has 144 valence electrons. The summed E-state index contributed by atoms with van der Waals surface area (Å²) < 4.78 is 0. The second-order valence-electron chi connectivity index (χ2n) is 7.14. The molecule has 0 aliphatic carbocycles. The standard InChI is InChI=1S/C24H22N4O/c25-15-20-6-3-13-26-24(20)27-16-21-5-1-2-7-22(21)19-11-9-18(10-12-19)17-28-14-4-8-23(28)29/h1-3,5-7,9-13H,4,8,14,16-17H2,(H,26,27). The first-order chi connectivity index (χ1) is 14.2. The molecule has 5 heteroatoms. The van der Waals surface area contributed by atoms with Gasteiger partial charge in [0, 0.05) is 32.3 Å². The molecule has 0 radical (unpaired) electrons. The molecule has 0 saturated carbocycles. The zero-order valence-electron chi connectivity index (χ0n) is 16.1. The van der Waals surface area contributed by atoms with Crippen LogP contribution in [0.5, 0.6) is 0 Å². The van der Waals surface area contributed by atoms with Crippen molar-refractivity contribution in [1.82, 2.24) is 9.88 Å². The number of likely N-dealkylation sites (tertiary alicyclic amines) is 1. The lowest BCUT2D eigenvalue weighted by atomic mass is 9.98. The van der Waals surface area contributed by atoms with Crippen LogP contribution in [0.15, 0.2) is 66.9 Å². The highest BCUT2D eigenvalue weighted by Gasteiger charge is 2.19. The van der Waals surface area contributed by atoms with Crippen LogP contribution in [-0.2, 0) is 17.9 Å². The van der Waals surface area contributed by atoms with Gasteiger partial charge in [0.1, 0.15) is 11.9 Å². The van der Waals surface area contributed by atoms with Gasteiger partial charge in [0.25, 0.3) is 0 Å². The molecule has 4 rings (SSSR count). The molecule has 29 heavy (non-hydrogen) atoms. The lowest BCUT2D eigenvalue weighted by Crippen LogP contribution is -2.23. The van der Waals surface area contributed by atoms with Crippen LogP contribution in [0.4, 0.5) is 5.82 Å². The number of nitrogens with zero attached hydrogens (tertiary/aromatic N) is 3. The maximum Gasteiger partial charge on any atom is 0.222 e. The van der Waals surface area contributed by atoms with E-state index in [1.807, 2.05) is 17.0 Å². The molecule has 0 bridgehead atoms. The summed E-state index contributed by atoms with van der Waals surface area (Å²) in [4.78, 5) is 18.0. The first-order valence-corrected chi connectivity index (χ1v) is 9.78. The van der Waals surface area contributed by atoms with Crippen LogP contribution in [0.3, 0.4) is 0 Å². The Morgan fingerprint density at radius 3 is 2.66 bits per heavy atom. The number of nitrogens with one attached hydrogen (secondary N) is 1. The van der Waals surface area contributed by atoms with Gasteiger partial charge in [0.15, 0.2) is 0 Å². The maximum atomic E-state index is 11.8. The predicted molar refractivity (Wildman–Crippen MR) is 113 cm³/mol. The molecule has 1 amide bonds. The number of hydrogen-bond acceptors (Lipinski definition) is 4. The van der Waals surface area contributed by atoms with E-state index in [2.05, 4.69) is 52.8 Å². The average molecular weight is 382 g/mol. The topological polar surface area (TPSA) is 69.0 Å². The molecule has 0 spiro atoms. The van der Waals surface area contributed by atoms with Gasteiger partial charge in [0.05, 0.1) is 5.56 Å². The molecule has 1 saturated heterocycles. The number of hydrogen-bond donors (Lipinski definition) is 1. The summed E-state index contributed by atoms with van der Waals surface area (Å²) in [6, 6.07) is 22.3. The highest BCUT2D eigenvalue weighted by molar-refractivity contribution is 5.78. The Morgan fingerprint density at radius 1 is 1.07 bits per heavy atom. The lowest BCUT2D eigenvalue weighted by Gasteiger charge is -2.16. The molecule has 2 heterocycles. The number of aromatic nitrogens is 1. The molecule has 1 fully saturated rings. The fourth-order valence-corrected chi connectivity index (χ4v) is 3.65. The van der Waals surface area contributed by atoms with Crippen LogP contribution in [0.25, 0.3) is 11.1 Å². The van der Waals surface area contributed by atoms with Crippen molar-refractivity contribution >= 4 is 11.7 Å². The molecular formula is C24H22N4O. The van der Waals surface area contributed by atoms with Crippen molar-refractivity contribution in [3.63, 3.8) is 0 Å². The highest BCUT2D eigenvalue weighted by atomic mass is 16.2. The largest absolute Gasteiger partial charge is 0.365 e. The van der Waals surface area contributed by atoms with Crippen molar-refractivity contribution in [2.24, 2.45) is 0 Å². The van der Waals surface area contributed by atoms with Gasteiger partial charge in [-0.3, -0.25) is 4.79 Å². The molecule has 0 unspecified atom stereocenters. The predicted octanol–water partition coefficient (Wildman–Crippen LogP) is 4.35. The number of carbonyl (C=O) groups excluding carboxylic acids is 1. The van der Waals surface area contributed by atoms with Gasteiger partial charge in [-0.25, -0.2) is 4.98 Å². The number of pyridine rings is 1. The second-order valence-corrected chi connectivity index (χ2v) is 7.14. The number of rotatable bonds is 6. The molecule has 1 N–H and O–H groups in total. The molecule has 2 aromatic carbocycles. The zero-order valence-corrected chi connectivity index (χ0v) is 16.1. The molecule has 3 aromatic rings. The third-order valence-corrected chi connectivity index (χ3v) is 5.20. The maximum absolute atomic E-state index is 11.8. The normalized spacial score (nSPS) is 13.3. The Hall–Kier alpha value is -3.65. The molecule has 1 aliphatic rings. The minimum Gasteiger partial charge on any atom is -0.365 e. The molecule has 0 atom stereocenters. The summed E-state index contributed by atoms with van der Waals surface area (Å²) in [6.07, 6.45) is 3.31. The van der Waals surface area contributed by atoms with Crippen molar-refractivity contribution in [1.29, 1.82) is 5.26 Å². The van der Waals surface area contributed by atoms with Crippen LogP contribution in [0.1, 0.15) is 29.5 Å². The Balaban J connectivity index is 1.50. The van der Waals surface area contributed by atoms with Gasteiger partial charge >= 0.3 is 0 Å². The molecule has 5 nitrogen and oxygen atoms in total. The van der Waals surface area contributed by atoms with Crippen molar-refractivity contribution < 1.29 is 4.79 Å². The Morgan fingerprint density at radius 2 is 1.90 bits per heavy atom. The van der Waals surface area contributed by atoms with Crippen molar-refractivity contribution in [3.05, 3.63) is 83.6 Å². The SMILES string of the molecule is N#Cc1cccnc1NCc1ccccc1-c1ccc(CN2CCCC2=O)cc1. The minimum atomic E-state index is 0.247. The number of anilines is 1. The van der Waals surface area contributed by atoms with Crippen molar-refractivity contribution in [2.75, 3.05) is 11.9 Å². The van der Waals surface area contributed by atoms with Crippen LogP contribution in [0.2, 0.25) is 0 Å². The monoisotopic (exact) mass is 382 g/mol. The number of nitriles is 1. The van der Waals surface area contributed by atoms with Crippen LogP contribution >= 0.6 is 0 Å². The fraction of sp³-hybridized carbons (Fsp3) is 0.208. The summed E-state index contributed by atoms with van der Waals surface area (Å²) >= 11 is 0. The average Bonchev–Trinajstić information content (AvgIpc) is 3.17.